The summed E-state index contributed by atoms with van der Waals surface area (Å²) >= 11 is 30.2. The lowest BCUT2D eigenvalue weighted by molar-refractivity contribution is -0.100. The van der Waals surface area contributed by atoms with E-state index in [2.05, 4.69) is 141 Å². The number of hydrogen-bond donors (Lipinski definition) is 6. The standard InChI is InChI=1S/C24H35ClN6O.C23H33ClN6O.C21H30ClN5O.C20H26ClF2N5.C19H24ClF2N5/c25-19-3-1-18(2-4-19)15-21-5-6-22(29-11-13-32-14-12-29)17-31(21)20-7-9-30(10-8-20)24-16-23(26)27-28-24;24-18-3-1-17(2-4-18)13-20-14-21(28-9-11-31-12-10-28)16-30(20)19-5-7-29(8-6-19)23-15-22(25)26-27-23;1-21(28)8-11-27(18(14-21)12-15-2-4-16(22)5-3-15)17-6-9-26(10-7-17)20-13-19(23)24-25-20;21-15-3-1-14(2-4-15)11-17-5-8-20(22,23)13-28(17)16-6-9-27(10-7-16)19-12-18(24)25-26-19;20-14-3-1-13(2-4-14)9-16-11-19(21,22)12-27(16)15-5-7-26(8-6-15)18-10-17(23)24-25-18/h1-4,20-22H,5-17H2,(H2,26,27);1-4,19-21H,5-16H2,(H2,25,26);2-5,17-18,28H,6-14H2,1H3,(H2,23,24);1-4,16-17H,5-13H2,(H2,24,25);1-4,15-16H,5-12H2,(H2,23,24)/t21-,22-;20-,21+;18-,21?;17-;16-/m10010/s1. The van der Waals surface area contributed by atoms with Gasteiger partial charge >= 0.3 is 0 Å². The Labute approximate surface area is 883 Å². The van der Waals surface area contributed by atoms with Gasteiger partial charge in [0.15, 0.2) is 0 Å². The monoisotopic (exact) mass is 2110 g/mol. The molecule has 5 aromatic carbocycles. The van der Waals surface area contributed by atoms with E-state index in [1.807, 2.05) is 96.8 Å². The summed E-state index contributed by atoms with van der Waals surface area (Å²) in [6.45, 7) is 22.1. The molecule has 12 fully saturated rings. The molecule has 0 spiro atoms. The molecule has 17 aliphatic heterocycles. The van der Waals surface area contributed by atoms with E-state index in [-0.39, 0.29) is 50.1 Å². The van der Waals surface area contributed by atoms with Crippen molar-refractivity contribution in [3.05, 3.63) is 174 Å². The molecule has 5 aromatic rings. The highest BCUT2D eigenvalue weighted by molar-refractivity contribution is 6.31. The summed E-state index contributed by atoms with van der Waals surface area (Å²) in [7, 11) is 0. The minimum Gasteiger partial charge on any atom is -0.390 e. The van der Waals surface area contributed by atoms with Gasteiger partial charge in [-0.3, -0.25) is 34.3 Å². The highest BCUT2D eigenvalue weighted by Crippen LogP contribution is 2.42. The van der Waals surface area contributed by atoms with Gasteiger partial charge in [0.05, 0.1) is 77.2 Å². The third-order valence-electron chi connectivity index (χ3n) is 33.1. The smallest absolute Gasteiger partial charge is 0.262 e. The van der Waals surface area contributed by atoms with Crippen molar-refractivity contribution in [2.24, 2.45) is 79.7 Å². The highest BCUT2D eigenvalue weighted by Gasteiger charge is 2.50. The Morgan fingerprint density at radius 1 is 0.295 bits per heavy atom. The number of amidine groups is 10. The van der Waals surface area contributed by atoms with Crippen molar-refractivity contribution in [1.82, 2.24) is 58.8 Å². The van der Waals surface area contributed by atoms with Crippen molar-refractivity contribution in [3.8, 4) is 0 Å². The van der Waals surface area contributed by atoms with E-state index in [9.17, 15) is 22.7 Å². The summed E-state index contributed by atoms with van der Waals surface area (Å²) in [5.41, 5.74) is 34.5. The molecule has 0 radical (unpaired) electrons. The first-order chi connectivity index (χ1) is 70.5. The summed E-state index contributed by atoms with van der Waals surface area (Å²) in [6, 6.07) is 45.1. The zero-order valence-corrected chi connectivity index (χ0v) is 88.2. The maximum Gasteiger partial charge on any atom is 0.262 e. The molecule has 0 saturated carbocycles. The van der Waals surface area contributed by atoms with Crippen molar-refractivity contribution in [1.29, 1.82) is 0 Å². The van der Waals surface area contributed by atoms with Crippen LogP contribution in [0.25, 0.3) is 0 Å². The number of rotatable bonds is 17. The molecule has 12 saturated heterocycles. The first kappa shape index (κ1) is 107. The fourth-order valence-electron chi connectivity index (χ4n) is 25.3. The van der Waals surface area contributed by atoms with Gasteiger partial charge in [0.1, 0.15) is 58.4 Å². The number of piperidine rings is 8. The number of alkyl halides is 4. The number of benzene rings is 5. The number of nitrogens with zero attached hydrogens (tertiary/aromatic N) is 22. The minimum absolute atomic E-state index is 0.0337. The Morgan fingerprint density at radius 3 is 0.904 bits per heavy atom. The van der Waals surface area contributed by atoms with Crippen LogP contribution in [0.3, 0.4) is 0 Å². The van der Waals surface area contributed by atoms with Gasteiger partial charge in [0.25, 0.3) is 11.8 Å². The fraction of sp³-hybridized carbons (Fsp3) is 0.626. The van der Waals surface area contributed by atoms with Gasteiger partial charge in [0.2, 0.25) is 0 Å². The largest absolute Gasteiger partial charge is 0.390 e. The number of halogens is 9. The second kappa shape index (κ2) is 49.8. The molecule has 792 valence electrons. The molecule has 146 heavy (non-hydrogen) atoms. The lowest BCUT2D eigenvalue weighted by atomic mass is 9.83. The van der Waals surface area contributed by atoms with E-state index in [1.54, 1.807) is 0 Å². The van der Waals surface area contributed by atoms with Crippen LogP contribution in [0.15, 0.2) is 172 Å². The molecule has 11 N–H and O–H groups in total. The first-order valence-electron chi connectivity index (χ1n) is 53.3. The Morgan fingerprint density at radius 2 is 0.568 bits per heavy atom. The van der Waals surface area contributed by atoms with Crippen molar-refractivity contribution in [2.75, 3.05) is 151 Å². The SMILES string of the molecule is CC1(O)CCN(C2CCN(C3=NN=C(N)C3)CC2)[C@@H](Cc2ccc(Cl)cc2)C1.NC1=NN=C(N2CCC(N3CC(F)(F)CC[C@@H]3Cc3ccc(Cl)cc3)CC2)C1.NC1=NN=C(N2CCC(N3CC(F)(F)C[C@@H]3Cc3ccc(Cl)cc3)CC2)C1.NC1=NN=C(N2CCC(N3C[C@H](N4CCOCC4)CC[C@@H]3Cc3ccc(Cl)cc3)CC2)C1.NC1=NN=C(N2CCC(N3C[C@H](N4CCOCC4)C[C@@H]3Cc3ccc(Cl)cc3)CC2)C1. The van der Waals surface area contributed by atoms with Gasteiger partial charge in [-0.2, -0.15) is 0 Å². The van der Waals surface area contributed by atoms with Crippen LogP contribution >= 0.6 is 58.0 Å². The number of likely N-dealkylation sites (tertiary alicyclic amines) is 10. The van der Waals surface area contributed by atoms with E-state index < -0.39 is 17.4 Å². The zero-order chi connectivity index (χ0) is 102. The predicted octanol–water partition coefficient (Wildman–Crippen LogP) is 14.1. The zero-order valence-electron chi connectivity index (χ0n) is 84.4. The molecular formula is C107H148Cl5F4N27O3. The number of hydrogen-bond acceptors (Lipinski definition) is 30. The Bertz CT molecular complexity index is 5440. The van der Waals surface area contributed by atoms with Crippen LogP contribution in [0.5, 0.6) is 0 Å². The molecule has 17 aliphatic rings. The molecule has 22 rings (SSSR count). The third-order valence-corrected chi connectivity index (χ3v) is 34.3. The van der Waals surface area contributed by atoms with Crippen LogP contribution in [0, 0.1) is 0 Å². The molecular weight excluding hydrogens is 1960 g/mol. The van der Waals surface area contributed by atoms with Gasteiger partial charge in [-0.15, -0.1) is 51.0 Å². The second-order valence-corrected chi connectivity index (χ2v) is 45.4. The van der Waals surface area contributed by atoms with Gasteiger partial charge in [-0.25, -0.2) is 17.6 Å². The molecule has 0 aromatic heterocycles. The maximum atomic E-state index is 14.2. The van der Waals surface area contributed by atoms with Crippen LogP contribution in [0.2, 0.25) is 25.1 Å². The Balaban J connectivity index is 0.000000120. The van der Waals surface area contributed by atoms with Crippen molar-refractivity contribution >= 4 is 116 Å². The molecule has 30 nitrogen and oxygen atoms in total. The summed E-state index contributed by atoms with van der Waals surface area (Å²) in [4.78, 5) is 29.2. The lowest BCUT2D eigenvalue weighted by Gasteiger charge is -2.49. The van der Waals surface area contributed by atoms with Crippen LogP contribution < -0.4 is 28.7 Å². The van der Waals surface area contributed by atoms with Crippen molar-refractivity contribution in [3.63, 3.8) is 0 Å². The van der Waals surface area contributed by atoms with Crippen molar-refractivity contribution in [2.45, 2.75) is 277 Å². The molecule has 8 atom stereocenters. The highest BCUT2D eigenvalue weighted by atomic mass is 35.5. The topological polar surface area (TPSA) is 331 Å². The Kier molecular flexibility index (Phi) is 36.6. The van der Waals surface area contributed by atoms with E-state index in [4.69, 9.17) is 96.1 Å². The van der Waals surface area contributed by atoms with E-state index in [1.165, 1.54) is 74.7 Å². The lowest BCUT2D eigenvalue weighted by Crippen LogP contribution is -2.59. The summed E-state index contributed by atoms with van der Waals surface area (Å²) in [5.74, 6) is 2.62. The number of morpholine rings is 2. The van der Waals surface area contributed by atoms with Crippen LogP contribution in [-0.2, 0) is 41.6 Å². The predicted molar refractivity (Wildman–Crippen MR) is 579 cm³/mol. The normalized spacial score (nSPS) is 28.0. The van der Waals surface area contributed by atoms with Gasteiger partial charge in [-0.1, -0.05) is 119 Å². The molecule has 0 aliphatic carbocycles. The van der Waals surface area contributed by atoms with E-state index in [0.717, 1.165) is 257 Å². The van der Waals surface area contributed by atoms with Crippen molar-refractivity contribution < 1.29 is 32.1 Å². The average molecular weight is 2110 g/mol. The van der Waals surface area contributed by atoms with E-state index in [0.29, 0.717) is 133 Å². The minimum atomic E-state index is -2.62. The first-order valence-corrected chi connectivity index (χ1v) is 55.2. The van der Waals surface area contributed by atoms with E-state index >= 15 is 0 Å². The fourth-order valence-corrected chi connectivity index (χ4v) is 25.9. The quantitative estimate of drug-likeness (QED) is 0.0471. The van der Waals surface area contributed by atoms with Gasteiger partial charge in [0, 0.05) is 222 Å². The third kappa shape index (κ3) is 29.3. The summed E-state index contributed by atoms with van der Waals surface area (Å²) in [5, 5.41) is 55.3. The summed E-state index contributed by atoms with van der Waals surface area (Å²) in [6.07, 6.45) is 24.0. The van der Waals surface area contributed by atoms with Gasteiger partial charge in [-0.05, 0) is 230 Å². The van der Waals surface area contributed by atoms with Crippen LogP contribution in [-0.4, -0.2) is 363 Å². The van der Waals surface area contributed by atoms with Crippen LogP contribution in [0.1, 0.15) is 182 Å². The molecule has 0 amide bonds. The maximum absolute atomic E-state index is 14.2. The number of nitrogens with two attached hydrogens (primary N) is 5. The van der Waals surface area contributed by atoms with Gasteiger partial charge < -0.3 is 67.7 Å². The summed E-state index contributed by atoms with van der Waals surface area (Å²) < 4.78 is 68.1. The molecule has 1 unspecified atom stereocenters. The molecule has 39 heteroatoms. The number of aliphatic hydroxyl groups is 1. The molecule has 0 bridgehead atoms. The molecule has 17 heterocycles. The second-order valence-electron chi connectivity index (χ2n) is 43.2. The number of ether oxygens (including phenoxy) is 2. The average Bonchev–Trinajstić information content (AvgIpc) is 1.58. The van der Waals surface area contributed by atoms with Crippen LogP contribution in [0.4, 0.5) is 17.6 Å². The Hall–Kier alpha value is -8.43.